The molecule has 1 saturated heterocycles. The number of rotatable bonds is 12. The molecular weight excluding hydrogens is 624 g/mol. The van der Waals surface area contributed by atoms with E-state index in [0.29, 0.717) is 26.3 Å². The van der Waals surface area contributed by atoms with Crippen molar-refractivity contribution in [2.45, 2.75) is 77.7 Å². The van der Waals surface area contributed by atoms with Crippen molar-refractivity contribution in [2.75, 3.05) is 37.0 Å². The van der Waals surface area contributed by atoms with E-state index in [0.717, 1.165) is 11.3 Å². The van der Waals surface area contributed by atoms with E-state index in [4.69, 9.17) is 14.2 Å². The van der Waals surface area contributed by atoms with Crippen LogP contribution in [0, 0.1) is 11.8 Å². The minimum atomic E-state index is -3.74. The summed E-state index contributed by atoms with van der Waals surface area (Å²) in [4.78, 5) is 54.9. The summed E-state index contributed by atoms with van der Waals surface area (Å²) in [7, 11) is -3.74. The zero-order valence-electron chi connectivity index (χ0n) is 28.3. The van der Waals surface area contributed by atoms with Gasteiger partial charge in [0.2, 0.25) is 5.91 Å². The number of benzene rings is 2. The zero-order chi connectivity index (χ0) is 34.8. The number of carbonyl (C=O) groups is 4. The molecule has 3 atom stereocenters. The predicted molar refractivity (Wildman–Crippen MR) is 179 cm³/mol. The van der Waals surface area contributed by atoms with Gasteiger partial charge in [0.05, 0.1) is 22.9 Å². The molecule has 2 aromatic rings. The first kappa shape index (κ1) is 37.5. The molecule has 2 N–H and O–H groups in total. The van der Waals surface area contributed by atoms with Gasteiger partial charge in [0.15, 0.2) is 0 Å². The molecule has 0 radical (unpaired) electrons. The zero-order valence-corrected chi connectivity index (χ0v) is 29.1. The van der Waals surface area contributed by atoms with Crippen molar-refractivity contribution in [1.82, 2.24) is 10.6 Å². The standard InChI is InChI=1S/C34H48N4O8S/c1-23(2)29(36-33(42)46-34(5,6)7)31(40)37-47(43,27-15-13-26(14-16-27)38-17-19-44-20-18-38)22-28(39)35-30(24(3)4)32(41)45-21-25-11-9-8-10-12-25/h8-16,23-24,29-30H,17-22H2,1-7H3,(H,35,39)(H,36,42)/t29-,30-,47-/m0/s1. The first-order valence-corrected chi connectivity index (χ1v) is 17.5. The Morgan fingerprint density at radius 2 is 1.49 bits per heavy atom. The second-order valence-electron chi connectivity index (χ2n) is 13.1. The van der Waals surface area contributed by atoms with Crippen molar-refractivity contribution < 1.29 is 37.6 Å². The monoisotopic (exact) mass is 672 g/mol. The lowest BCUT2D eigenvalue weighted by molar-refractivity contribution is -0.150. The van der Waals surface area contributed by atoms with E-state index in [1.165, 1.54) is 0 Å². The first-order valence-electron chi connectivity index (χ1n) is 15.8. The van der Waals surface area contributed by atoms with Crippen molar-refractivity contribution >= 4 is 39.3 Å². The molecule has 0 aliphatic carbocycles. The highest BCUT2D eigenvalue weighted by molar-refractivity contribution is 7.94. The molecule has 1 aliphatic rings. The topological polar surface area (TPSA) is 153 Å². The van der Waals surface area contributed by atoms with Crippen LogP contribution in [0.5, 0.6) is 0 Å². The number of esters is 1. The molecule has 0 unspecified atom stereocenters. The summed E-state index contributed by atoms with van der Waals surface area (Å²) in [6.07, 6.45) is -0.826. The minimum Gasteiger partial charge on any atom is -0.459 e. The lowest BCUT2D eigenvalue weighted by atomic mass is 10.0. The summed E-state index contributed by atoms with van der Waals surface area (Å²) in [5.41, 5.74) is 0.840. The van der Waals surface area contributed by atoms with Crippen LogP contribution < -0.4 is 15.5 Å². The molecule has 1 heterocycles. The molecule has 1 fully saturated rings. The predicted octanol–water partition coefficient (Wildman–Crippen LogP) is 4.31. The van der Waals surface area contributed by atoms with Gasteiger partial charge in [0, 0.05) is 23.7 Å². The van der Waals surface area contributed by atoms with Gasteiger partial charge < -0.3 is 29.7 Å². The van der Waals surface area contributed by atoms with E-state index in [1.807, 2.05) is 30.3 Å². The van der Waals surface area contributed by atoms with Gasteiger partial charge in [-0.2, -0.15) is 4.36 Å². The number of ether oxygens (including phenoxy) is 3. The van der Waals surface area contributed by atoms with Gasteiger partial charge in [-0.3, -0.25) is 9.59 Å². The lowest BCUT2D eigenvalue weighted by Gasteiger charge is -2.29. The molecule has 12 nitrogen and oxygen atoms in total. The number of anilines is 1. The normalized spacial score (nSPS) is 16.1. The van der Waals surface area contributed by atoms with Gasteiger partial charge in [-0.05, 0) is 62.4 Å². The Bertz CT molecular complexity index is 1490. The Balaban J connectivity index is 1.90. The molecule has 0 aromatic heterocycles. The van der Waals surface area contributed by atoms with Gasteiger partial charge in [-0.15, -0.1) is 0 Å². The number of amides is 3. The molecule has 0 bridgehead atoms. The number of hydrogen-bond donors (Lipinski definition) is 2. The summed E-state index contributed by atoms with van der Waals surface area (Å²) in [6.45, 7) is 14.5. The SMILES string of the molecule is CC(C)[C@H](NC(=O)OC(C)(C)C)C(=O)N=[S@](=O)(CC(=O)N[C@H](C(=O)OCc1ccccc1)C(C)C)c1ccc(N2CCOCC2)cc1. The second kappa shape index (κ2) is 16.7. The number of hydrogen-bond acceptors (Lipinski definition) is 9. The largest absolute Gasteiger partial charge is 0.459 e. The Hall–Kier alpha value is -3.97. The van der Waals surface area contributed by atoms with E-state index in [-0.39, 0.29) is 17.4 Å². The molecule has 2 aromatic carbocycles. The van der Waals surface area contributed by atoms with Gasteiger partial charge in [-0.1, -0.05) is 58.0 Å². The Labute approximate surface area is 278 Å². The third kappa shape index (κ3) is 11.7. The van der Waals surface area contributed by atoms with Crippen LogP contribution in [-0.4, -0.2) is 77.8 Å². The quantitative estimate of drug-likeness (QED) is 0.314. The van der Waals surface area contributed by atoms with Crippen molar-refractivity contribution in [3.63, 3.8) is 0 Å². The van der Waals surface area contributed by atoms with Crippen LogP contribution in [0.15, 0.2) is 63.9 Å². The number of morpholine rings is 1. The maximum atomic E-state index is 14.6. The molecule has 13 heteroatoms. The van der Waals surface area contributed by atoms with Crippen molar-refractivity contribution in [2.24, 2.45) is 16.2 Å². The maximum Gasteiger partial charge on any atom is 0.408 e. The third-order valence-electron chi connectivity index (χ3n) is 7.21. The van der Waals surface area contributed by atoms with Gasteiger partial charge >= 0.3 is 12.1 Å². The summed E-state index contributed by atoms with van der Waals surface area (Å²) in [6, 6.07) is 13.6. The van der Waals surface area contributed by atoms with Crippen molar-refractivity contribution in [1.29, 1.82) is 0 Å². The van der Waals surface area contributed by atoms with E-state index >= 15 is 0 Å². The van der Waals surface area contributed by atoms with Crippen LogP contribution in [0.3, 0.4) is 0 Å². The van der Waals surface area contributed by atoms with Crippen LogP contribution in [0.25, 0.3) is 0 Å². The van der Waals surface area contributed by atoms with E-state index < -0.39 is 63.0 Å². The Morgan fingerprint density at radius 3 is 2.04 bits per heavy atom. The third-order valence-corrected chi connectivity index (χ3v) is 9.35. The minimum absolute atomic E-state index is 0.0239. The summed E-state index contributed by atoms with van der Waals surface area (Å²) >= 11 is 0. The number of nitrogens with zero attached hydrogens (tertiary/aromatic N) is 2. The molecule has 258 valence electrons. The Morgan fingerprint density at radius 1 is 0.894 bits per heavy atom. The smallest absolute Gasteiger partial charge is 0.408 e. The average Bonchev–Trinajstić information content (AvgIpc) is 3.01. The molecule has 0 saturated carbocycles. The van der Waals surface area contributed by atoms with Gasteiger partial charge in [0.25, 0.3) is 5.91 Å². The fourth-order valence-electron chi connectivity index (χ4n) is 4.72. The first-order chi connectivity index (χ1) is 22.1. The molecule has 0 spiro atoms. The molecular formula is C34H48N4O8S. The average molecular weight is 673 g/mol. The molecule has 47 heavy (non-hydrogen) atoms. The molecule has 3 amide bonds. The van der Waals surface area contributed by atoms with E-state index in [1.54, 1.807) is 72.7 Å². The van der Waals surface area contributed by atoms with Crippen molar-refractivity contribution in [3.05, 3.63) is 60.2 Å². The second-order valence-corrected chi connectivity index (χ2v) is 15.3. The fourth-order valence-corrected chi connectivity index (χ4v) is 6.46. The molecule has 1 aliphatic heterocycles. The Kier molecular flexibility index (Phi) is 13.3. The highest BCUT2D eigenvalue weighted by atomic mass is 32.2. The van der Waals surface area contributed by atoms with Gasteiger partial charge in [0.1, 0.15) is 30.0 Å². The van der Waals surface area contributed by atoms with Crippen LogP contribution in [0.1, 0.15) is 54.0 Å². The highest BCUT2D eigenvalue weighted by Gasteiger charge is 2.31. The number of nitrogens with one attached hydrogen (secondary N) is 2. The number of alkyl carbamates (subject to hydrolysis) is 1. The maximum absolute atomic E-state index is 14.6. The van der Waals surface area contributed by atoms with Gasteiger partial charge in [-0.25, -0.2) is 13.8 Å². The lowest BCUT2D eigenvalue weighted by Crippen LogP contribution is -2.47. The van der Waals surface area contributed by atoms with Crippen LogP contribution in [0.4, 0.5) is 10.5 Å². The van der Waals surface area contributed by atoms with E-state index in [9.17, 15) is 23.4 Å². The molecule has 3 rings (SSSR count). The number of carbonyl (C=O) groups excluding carboxylic acids is 4. The highest BCUT2D eigenvalue weighted by Crippen LogP contribution is 2.23. The fraction of sp³-hybridized carbons (Fsp3) is 0.529. The van der Waals surface area contributed by atoms with Crippen LogP contribution in [0.2, 0.25) is 0 Å². The summed E-state index contributed by atoms with van der Waals surface area (Å²) in [5.74, 6) is -3.77. The van der Waals surface area contributed by atoms with Crippen LogP contribution in [-0.2, 0) is 44.9 Å². The van der Waals surface area contributed by atoms with Crippen LogP contribution >= 0.6 is 0 Å². The summed E-state index contributed by atoms with van der Waals surface area (Å²) < 4.78 is 35.0. The van der Waals surface area contributed by atoms with Crippen molar-refractivity contribution in [3.8, 4) is 0 Å². The summed E-state index contributed by atoms with van der Waals surface area (Å²) in [5, 5.41) is 5.18. The van der Waals surface area contributed by atoms with E-state index in [2.05, 4.69) is 19.9 Å².